The second kappa shape index (κ2) is 6.92. The quantitative estimate of drug-likeness (QED) is 0.689. The fourth-order valence-corrected chi connectivity index (χ4v) is 1.33. The first-order valence-electron chi connectivity index (χ1n) is 3.74. The Balaban J connectivity index is 0. The van der Waals surface area contributed by atoms with Crippen molar-refractivity contribution < 1.29 is 5.11 Å². The first kappa shape index (κ1) is 15.0. The molecule has 0 spiro atoms. The minimum absolute atomic E-state index is 0. The second-order valence-corrected chi connectivity index (χ2v) is 3.14. The van der Waals surface area contributed by atoms with Gasteiger partial charge in [-0.05, 0) is 20.5 Å². The van der Waals surface area contributed by atoms with Crippen molar-refractivity contribution in [1.29, 1.82) is 0 Å². The third-order valence-electron chi connectivity index (χ3n) is 2.15. The fourth-order valence-electron chi connectivity index (χ4n) is 1.33. The standard InChI is InChI=1S/C7H16N2O.2ClH/c1-9(2)7-3-6(5-10)8-4-7;;/h6-8,10H,3-5H2,1-2H3;2*1H/t6-,7+;;/m0../s1. The van der Waals surface area contributed by atoms with Gasteiger partial charge in [-0.2, -0.15) is 0 Å². The zero-order chi connectivity index (χ0) is 7.56. The highest BCUT2D eigenvalue weighted by Crippen LogP contribution is 2.09. The van der Waals surface area contributed by atoms with Crippen molar-refractivity contribution in [3.05, 3.63) is 0 Å². The Morgan fingerprint density at radius 2 is 2.00 bits per heavy atom. The molecule has 1 aliphatic heterocycles. The molecule has 0 amide bonds. The highest BCUT2D eigenvalue weighted by Gasteiger charge is 2.24. The van der Waals surface area contributed by atoms with E-state index in [1.54, 1.807) is 0 Å². The molecule has 1 rings (SSSR count). The van der Waals surface area contributed by atoms with Gasteiger partial charge in [-0.15, -0.1) is 24.8 Å². The third kappa shape index (κ3) is 3.92. The monoisotopic (exact) mass is 216 g/mol. The van der Waals surface area contributed by atoms with E-state index in [0.29, 0.717) is 12.1 Å². The highest BCUT2D eigenvalue weighted by atomic mass is 35.5. The van der Waals surface area contributed by atoms with Gasteiger partial charge < -0.3 is 15.3 Å². The van der Waals surface area contributed by atoms with Gasteiger partial charge in [0.25, 0.3) is 0 Å². The van der Waals surface area contributed by atoms with Crippen LogP contribution in [0.3, 0.4) is 0 Å². The molecule has 5 heteroatoms. The van der Waals surface area contributed by atoms with Crippen LogP contribution in [-0.2, 0) is 0 Å². The van der Waals surface area contributed by atoms with E-state index < -0.39 is 0 Å². The number of halogens is 2. The number of hydrogen-bond donors (Lipinski definition) is 2. The zero-order valence-corrected chi connectivity index (χ0v) is 9.12. The summed E-state index contributed by atoms with van der Waals surface area (Å²) in [5, 5.41) is 12.0. The Kier molecular flexibility index (Phi) is 8.63. The van der Waals surface area contributed by atoms with Gasteiger partial charge in [0.15, 0.2) is 0 Å². The Labute approximate surface area is 86.3 Å². The molecule has 0 aromatic heterocycles. The molecule has 0 radical (unpaired) electrons. The molecule has 1 fully saturated rings. The Bertz CT molecular complexity index is 114. The van der Waals surface area contributed by atoms with E-state index in [4.69, 9.17) is 5.11 Å². The van der Waals surface area contributed by atoms with Gasteiger partial charge in [-0.3, -0.25) is 0 Å². The minimum Gasteiger partial charge on any atom is -0.395 e. The molecule has 2 N–H and O–H groups in total. The molecule has 0 aliphatic carbocycles. The Morgan fingerprint density at radius 3 is 2.25 bits per heavy atom. The maximum atomic E-state index is 8.78. The molecular formula is C7H18Cl2N2O. The van der Waals surface area contributed by atoms with Gasteiger partial charge in [0, 0.05) is 18.6 Å². The van der Waals surface area contributed by atoms with Crippen molar-refractivity contribution in [2.24, 2.45) is 0 Å². The van der Waals surface area contributed by atoms with Crippen LogP contribution >= 0.6 is 24.8 Å². The molecule has 3 nitrogen and oxygen atoms in total. The fraction of sp³-hybridized carbons (Fsp3) is 1.00. The minimum atomic E-state index is 0. The summed E-state index contributed by atoms with van der Waals surface area (Å²) in [6, 6.07) is 0.935. The van der Waals surface area contributed by atoms with Crippen molar-refractivity contribution in [1.82, 2.24) is 10.2 Å². The summed E-state index contributed by atoms with van der Waals surface area (Å²) in [4.78, 5) is 2.20. The van der Waals surface area contributed by atoms with Crippen molar-refractivity contribution >= 4 is 24.8 Å². The largest absolute Gasteiger partial charge is 0.395 e. The average Bonchev–Trinajstić information content (AvgIpc) is 2.34. The molecule has 1 heterocycles. The van der Waals surface area contributed by atoms with E-state index in [2.05, 4.69) is 24.3 Å². The number of nitrogens with one attached hydrogen (secondary N) is 1. The van der Waals surface area contributed by atoms with Crippen LogP contribution in [0.15, 0.2) is 0 Å². The summed E-state index contributed by atoms with van der Waals surface area (Å²) in [6.45, 7) is 1.28. The van der Waals surface area contributed by atoms with E-state index in [9.17, 15) is 0 Å². The lowest BCUT2D eigenvalue weighted by atomic mass is 10.2. The molecule has 76 valence electrons. The van der Waals surface area contributed by atoms with Crippen LogP contribution in [0.4, 0.5) is 0 Å². The topological polar surface area (TPSA) is 35.5 Å². The van der Waals surface area contributed by atoms with Gasteiger partial charge in [-0.25, -0.2) is 0 Å². The first-order chi connectivity index (χ1) is 4.74. The average molecular weight is 217 g/mol. The van der Waals surface area contributed by atoms with E-state index in [-0.39, 0.29) is 31.4 Å². The lowest BCUT2D eigenvalue weighted by Gasteiger charge is -2.17. The summed E-state index contributed by atoms with van der Waals surface area (Å²) in [5.41, 5.74) is 0. The number of likely N-dealkylation sites (N-methyl/N-ethyl adjacent to an activating group) is 1. The highest BCUT2D eigenvalue weighted by molar-refractivity contribution is 5.85. The molecule has 0 bridgehead atoms. The number of aliphatic hydroxyl groups is 1. The summed E-state index contributed by atoms with van der Waals surface area (Å²) >= 11 is 0. The third-order valence-corrected chi connectivity index (χ3v) is 2.15. The molecule has 0 unspecified atom stereocenters. The number of nitrogens with zero attached hydrogens (tertiary/aromatic N) is 1. The molecule has 0 aromatic rings. The normalized spacial score (nSPS) is 28.0. The van der Waals surface area contributed by atoms with E-state index in [0.717, 1.165) is 13.0 Å². The van der Waals surface area contributed by atoms with Crippen molar-refractivity contribution in [3.63, 3.8) is 0 Å². The van der Waals surface area contributed by atoms with Gasteiger partial charge in [0.1, 0.15) is 0 Å². The van der Waals surface area contributed by atoms with Crippen LogP contribution < -0.4 is 5.32 Å². The Hall–Kier alpha value is 0.460. The zero-order valence-electron chi connectivity index (χ0n) is 7.49. The molecule has 0 saturated carbocycles. The predicted octanol–water partition coefficient (Wildman–Crippen LogP) is 0.114. The van der Waals surface area contributed by atoms with Crippen LogP contribution in [0.25, 0.3) is 0 Å². The molecule has 1 aliphatic rings. The molecular weight excluding hydrogens is 199 g/mol. The first-order valence-corrected chi connectivity index (χ1v) is 3.74. The second-order valence-electron chi connectivity index (χ2n) is 3.14. The Morgan fingerprint density at radius 1 is 1.42 bits per heavy atom. The number of aliphatic hydroxyl groups excluding tert-OH is 1. The van der Waals surface area contributed by atoms with E-state index in [1.807, 2.05) is 0 Å². The lowest BCUT2D eigenvalue weighted by molar-refractivity contribution is 0.245. The number of hydrogen-bond acceptors (Lipinski definition) is 3. The van der Waals surface area contributed by atoms with Crippen LogP contribution in [0.2, 0.25) is 0 Å². The van der Waals surface area contributed by atoms with E-state index >= 15 is 0 Å². The van der Waals surface area contributed by atoms with Crippen LogP contribution in [-0.4, -0.2) is 49.3 Å². The van der Waals surface area contributed by atoms with Crippen molar-refractivity contribution in [2.75, 3.05) is 27.2 Å². The maximum absolute atomic E-state index is 8.78. The summed E-state index contributed by atoms with van der Waals surface area (Å²) in [6.07, 6.45) is 1.07. The van der Waals surface area contributed by atoms with Crippen LogP contribution in [0.1, 0.15) is 6.42 Å². The van der Waals surface area contributed by atoms with Gasteiger partial charge >= 0.3 is 0 Å². The van der Waals surface area contributed by atoms with Gasteiger partial charge in [-0.1, -0.05) is 0 Å². The summed E-state index contributed by atoms with van der Waals surface area (Å²) in [5.74, 6) is 0. The predicted molar refractivity (Wildman–Crippen MR) is 55.5 cm³/mol. The van der Waals surface area contributed by atoms with Crippen LogP contribution in [0.5, 0.6) is 0 Å². The van der Waals surface area contributed by atoms with E-state index in [1.165, 1.54) is 0 Å². The van der Waals surface area contributed by atoms with Gasteiger partial charge in [0.05, 0.1) is 6.61 Å². The summed E-state index contributed by atoms with van der Waals surface area (Å²) < 4.78 is 0. The molecule has 2 atom stereocenters. The van der Waals surface area contributed by atoms with Crippen LogP contribution in [0, 0.1) is 0 Å². The summed E-state index contributed by atoms with van der Waals surface area (Å²) in [7, 11) is 4.15. The van der Waals surface area contributed by atoms with Gasteiger partial charge in [0.2, 0.25) is 0 Å². The molecule has 1 saturated heterocycles. The smallest absolute Gasteiger partial charge is 0.0585 e. The van der Waals surface area contributed by atoms with Crippen molar-refractivity contribution in [3.8, 4) is 0 Å². The lowest BCUT2D eigenvalue weighted by Crippen LogP contribution is -2.29. The molecule has 12 heavy (non-hydrogen) atoms. The maximum Gasteiger partial charge on any atom is 0.0585 e. The number of rotatable bonds is 2. The van der Waals surface area contributed by atoms with Crippen molar-refractivity contribution in [2.45, 2.75) is 18.5 Å². The SMILES string of the molecule is CN(C)[C@H]1CN[C@H](CO)C1.Cl.Cl. The molecule has 0 aromatic carbocycles.